The number of alkyl halides is 3. The van der Waals surface area contributed by atoms with Gasteiger partial charge in [0.25, 0.3) is 5.91 Å². The molecule has 4 rings (SSSR count). The third kappa shape index (κ3) is 5.11. The van der Waals surface area contributed by atoms with Crippen molar-refractivity contribution in [2.75, 3.05) is 0 Å². The predicted octanol–water partition coefficient (Wildman–Crippen LogP) is 6.46. The van der Waals surface area contributed by atoms with Gasteiger partial charge in [0.15, 0.2) is 0 Å². The molecule has 1 amide bonds. The second-order valence-electron chi connectivity index (χ2n) is 8.38. The molecule has 0 spiro atoms. The van der Waals surface area contributed by atoms with Gasteiger partial charge in [-0.25, -0.2) is 9.37 Å². The van der Waals surface area contributed by atoms with Gasteiger partial charge in [0.1, 0.15) is 11.6 Å². The maximum absolute atomic E-state index is 13.5. The Hall–Kier alpha value is -2.32. The first-order valence-corrected chi connectivity index (χ1v) is 11.2. The third-order valence-electron chi connectivity index (χ3n) is 6.20. The number of imidazole rings is 1. The molecule has 176 valence electrons. The van der Waals surface area contributed by atoms with Gasteiger partial charge in [-0.1, -0.05) is 23.2 Å². The van der Waals surface area contributed by atoms with Crippen LogP contribution in [0.25, 0.3) is 11.0 Å². The van der Waals surface area contributed by atoms with Gasteiger partial charge in [0.05, 0.1) is 17.0 Å². The number of halogens is 6. The van der Waals surface area contributed by atoms with E-state index in [1.807, 2.05) is 11.6 Å². The molecule has 0 radical (unpaired) electrons. The van der Waals surface area contributed by atoms with Crippen LogP contribution in [0.4, 0.5) is 17.6 Å². The molecular formula is C23H21Cl2F4N3O. The van der Waals surface area contributed by atoms with Crippen LogP contribution in [0.15, 0.2) is 30.3 Å². The van der Waals surface area contributed by atoms with Gasteiger partial charge in [-0.15, -0.1) is 0 Å². The maximum Gasteiger partial charge on any atom is 0.391 e. The first kappa shape index (κ1) is 23.8. The quantitative estimate of drug-likeness (QED) is 0.417. The van der Waals surface area contributed by atoms with Crippen LogP contribution in [-0.2, 0) is 13.5 Å². The highest BCUT2D eigenvalue weighted by molar-refractivity contribution is 6.36. The Morgan fingerprint density at radius 2 is 1.76 bits per heavy atom. The average Bonchev–Trinajstić information content (AvgIpc) is 3.05. The number of fused-ring (bicyclic) bond motifs is 1. The van der Waals surface area contributed by atoms with Crippen LogP contribution in [0.2, 0.25) is 10.0 Å². The Bertz CT molecular complexity index is 1180. The molecule has 1 saturated carbocycles. The summed E-state index contributed by atoms with van der Waals surface area (Å²) >= 11 is 12.3. The summed E-state index contributed by atoms with van der Waals surface area (Å²) in [7, 11) is 1.81. The van der Waals surface area contributed by atoms with Crippen LogP contribution in [0.1, 0.15) is 47.4 Å². The van der Waals surface area contributed by atoms with Crippen LogP contribution >= 0.6 is 23.2 Å². The Morgan fingerprint density at radius 3 is 2.36 bits per heavy atom. The lowest BCUT2D eigenvalue weighted by molar-refractivity contribution is -0.182. The first-order valence-electron chi connectivity index (χ1n) is 10.5. The molecule has 4 nitrogen and oxygen atoms in total. The van der Waals surface area contributed by atoms with Crippen molar-refractivity contribution in [3.8, 4) is 0 Å². The number of aromatic nitrogens is 2. The molecule has 1 aliphatic rings. The topological polar surface area (TPSA) is 46.9 Å². The van der Waals surface area contributed by atoms with Crippen molar-refractivity contribution in [2.45, 2.75) is 44.3 Å². The summed E-state index contributed by atoms with van der Waals surface area (Å²) in [5, 5.41) is 3.24. The zero-order valence-electron chi connectivity index (χ0n) is 17.6. The van der Waals surface area contributed by atoms with Crippen molar-refractivity contribution in [1.29, 1.82) is 0 Å². The van der Waals surface area contributed by atoms with Gasteiger partial charge in [0.2, 0.25) is 0 Å². The number of benzene rings is 2. The lowest BCUT2D eigenvalue weighted by Crippen LogP contribution is -2.40. The number of carbonyl (C=O) groups is 1. The number of hydrogen-bond donors (Lipinski definition) is 1. The molecule has 2 aromatic carbocycles. The van der Waals surface area contributed by atoms with Crippen molar-refractivity contribution >= 4 is 40.1 Å². The molecule has 1 aliphatic carbocycles. The van der Waals surface area contributed by atoms with Gasteiger partial charge in [-0.05, 0) is 61.6 Å². The fourth-order valence-electron chi connectivity index (χ4n) is 4.28. The number of hydrogen-bond acceptors (Lipinski definition) is 2. The van der Waals surface area contributed by atoms with E-state index in [0.29, 0.717) is 35.3 Å². The van der Waals surface area contributed by atoms with Gasteiger partial charge in [-0.3, -0.25) is 4.79 Å². The van der Waals surface area contributed by atoms with Gasteiger partial charge in [0, 0.05) is 35.1 Å². The fraction of sp³-hybridized carbons (Fsp3) is 0.391. The lowest BCUT2D eigenvalue weighted by Gasteiger charge is -2.30. The largest absolute Gasteiger partial charge is 0.391 e. The number of carbonyl (C=O) groups excluding carboxylic acids is 1. The molecule has 3 aromatic rings. The third-order valence-corrected chi connectivity index (χ3v) is 6.88. The summed E-state index contributed by atoms with van der Waals surface area (Å²) in [6, 6.07) is 7.15. The number of nitrogens with one attached hydrogen (secondary N) is 1. The minimum absolute atomic E-state index is 0.0194. The summed E-state index contributed by atoms with van der Waals surface area (Å²) in [5.41, 5.74) is 2.28. The van der Waals surface area contributed by atoms with Gasteiger partial charge in [-0.2, -0.15) is 13.2 Å². The number of nitrogens with zero attached hydrogens (tertiary/aromatic N) is 2. The molecule has 1 fully saturated rings. The van der Waals surface area contributed by atoms with E-state index in [1.54, 1.807) is 18.2 Å². The fourth-order valence-corrected chi connectivity index (χ4v) is 4.88. The van der Waals surface area contributed by atoms with E-state index in [9.17, 15) is 22.4 Å². The number of aryl methyl sites for hydroxylation is 1. The predicted molar refractivity (Wildman–Crippen MR) is 119 cm³/mol. The monoisotopic (exact) mass is 501 g/mol. The Balaban J connectivity index is 1.49. The molecule has 0 aliphatic heterocycles. The second kappa shape index (κ2) is 9.14. The highest BCUT2D eigenvalue weighted by Crippen LogP contribution is 2.37. The maximum atomic E-state index is 13.5. The summed E-state index contributed by atoms with van der Waals surface area (Å²) in [6.45, 7) is 0. The highest BCUT2D eigenvalue weighted by atomic mass is 35.5. The van der Waals surface area contributed by atoms with E-state index in [0.717, 1.165) is 5.52 Å². The van der Waals surface area contributed by atoms with Crippen LogP contribution in [-0.4, -0.2) is 27.7 Å². The summed E-state index contributed by atoms with van der Waals surface area (Å²) in [5.74, 6) is -1.54. The molecule has 1 N–H and O–H groups in total. The standard InChI is InChI=1S/C23H21Cl2F4N3O/c1-32-20-7-2-12(22(33)30-15-5-3-13(4-6-15)23(27,28)29)8-19(20)31-21(32)11-16-17(24)9-14(26)10-18(16)25/h2,7-10,13,15H,3-6,11H2,1H3,(H,30,33). The van der Waals surface area contributed by atoms with Gasteiger partial charge < -0.3 is 9.88 Å². The molecule has 0 atom stereocenters. The van der Waals surface area contributed by atoms with E-state index in [2.05, 4.69) is 10.3 Å². The van der Waals surface area contributed by atoms with Crippen LogP contribution < -0.4 is 5.32 Å². The van der Waals surface area contributed by atoms with Crippen molar-refractivity contribution in [1.82, 2.24) is 14.9 Å². The zero-order chi connectivity index (χ0) is 23.9. The van der Waals surface area contributed by atoms with Crippen molar-refractivity contribution in [3.05, 3.63) is 63.1 Å². The van der Waals surface area contributed by atoms with E-state index in [-0.39, 0.29) is 41.3 Å². The molecule has 0 saturated heterocycles. The molecule has 0 bridgehead atoms. The first-order chi connectivity index (χ1) is 15.5. The average molecular weight is 502 g/mol. The molecule has 10 heteroatoms. The summed E-state index contributed by atoms with van der Waals surface area (Å²) in [4.78, 5) is 17.3. The number of amides is 1. The Labute approximate surface area is 197 Å². The van der Waals surface area contributed by atoms with Crippen LogP contribution in [0.3, 0.4) is 0 Å². The SMILES string of the molecule is Cn1c(Cc2c(Cl)cc(F)cc2Cl)nc2cc(C(=O)NC3CCC(C(F)(F)F)CC3)ccc21. The Morgan fingerprint density at radius 1 is 1.12 bits per heavy atom. The van der Waals surface area contributed by atoms with E-state index >= 15 is 0 Å². The van der Waals surface area contributed by atoms with Crippen molar-refractivity contribution in [2.24, 2.45) is 13.0 Å². The van der Waals surface area contributed by atoms with Crippen molar-refractivity contribution < 1.29 is 22.4 Å². The molecule has 0 unspecified atom stereocenters. The second-order valence-corrected chi connectivity index (χ2v) is 9.19. The summed E-state index contributed by atoms with van der Waals surface area (Å²) < 4.78 is 53.9. The molecular weight excluding hydrogens is 481 g/mol. The smallest absolute Gasteiger partial charge is 0.349 e. The molecule has 1 aromatic heterocycles. The minimum atomic E-state index is -4.18. The molecule has 1 heterocycles. The normalized spacial score (nSPS) is 19.1. The zero-order valence-corrected chi connectivity index (χ0v) is 19.2. The number of rotatable bonds is 4. The minimum Gasteiger partial charge on any atom is -0.349 e. The van der Waals surface area contributed by atoms with Gasteiger partial charge >= 0.3 is 6.18 Å². The van der Waals surface area contributed by atoms with E-state index < -0.39 is 17.9 Å². The molecule has 33 heavy (non-hydrogen) atoms. The highest BCUT2D eigenvalue weighted by Gasteiger charge is 2.41. The Kier molecular flexibility index (Phi) is 6.60. The van der Waals surface area contributed by atoms with E-state index in [4.69, 9.17) is 23.2 Å². The summed E-state index contributed by atoms with van der Waals surface area (Å²) in [6.07, 6.45) is -3.28. The lowest BCUT2D eigenvalue weighted by atomic mass is 9.85. The van der Waals surface area contributed by atoms with Crippen molar-refractivity contribution in [3.63, 3.8) is 0 Å². The van der Waals surface area contributed by atoms with Crippen LogP contribution in [0.5, 0.6) is 0 Å². The van der Waals surface area contributed by atoms with E-state index in [1.165, 1.54) is 12.1 Å². The van der Waals surface area contributed by atoms with Crippen LogP contribution in [0, 0.1) is 11.7 Å².